The number of hydrogen-bond donors (Lipinski definition) is 0. The molecule has 0 spiro atoms. The summed E-state index contributed by atoms with van der Waals surface area (Å²) >= 11 is 0. The largest absolute Gasteiger partial charge is 0.495 e. The Kier molecular flexibility index (Phi) is 6.42. The zero-order valence-corrected chi connectivity index (χ0v) is 17.9. The van der Waals surface area contributed by atoms with Gasteiger partial charge >= 0.3 is 0 Å². The molecule has 1 unspecified atom stereocenters. The fourth-order valence-electron chi connectivity index (χ4n) is 3.80. The van der Waals surface area contributed by atoms with Crippen LogP contribution in [0.1, 0.15) is 19.8 Å². The lowest BCUT2D eigenvalue weighted by molar-refractivity contribution is 0.264. The number of benzene rings is 1. The van der Waals surface area contributed by atoms with Crippen molar-refractivity contribution in [3.05, 3.63) is 30.6 Å². The van der Waals surface area contributed by atoms with Crippen LogP contribution in [0, 0.1) is 5.92 Å². The van der Waals surface area contributed by atoms with Crippen molar-refractivity contribution in [1.29, 1.82) is 0 Å². The average molecular weight is 407 g/mol. The van der Waals surface area contributed by atoms with Gasteiger partial charge in [0.05, 0.1) is 13.3 Å². The molecule has 0 N–H and O–H groups in total. The summed E-state index contributed by atoms with van der Waals surface area (Å²) in [6, 6.07) is 5.23. The topological polar surface area (TPSA) is 67.7 Å². The Morgan fingerprint density at radius 1 is 1.25 bits per heavy atom. The standard InChI is InChI=1S/C20H30N4O3S/c1-16(14-24-9-5-6-10-24)13-23(3)28(25,26)20-11-17(7-8-19(20)27-4)18-12-21-22(2)15-18/h7-8,11-12,15-16H,5-6,9-10,13-14H2,1-4H3. The first-order valence-electron chi connectivity index (χ1n) is 9.67. The van der Waals surface area contributed by atoms with E-state index in [2.05, 4.69) is 16.9 Å². The summed E-state index contributed by atoms with van der Waals surface area (Å²) in [6.07, 6.45) is 6.05. The van der Waals surface area contributed by atoms with Crippen LogP contribution in [0.15, 0.2) is 35.5 Å². The van der Waals surface area contributed by atoms with Gasteiger partial charge in [-0.2, -0.15) is 5.10 Å². The van der Waals surface area contributed by atoms with Gasteiger partial charge in [-0.1, -0.05) is 13.0 Å². The van der Waals surface area contributed by atoms with Crippen molar-refractivity contribution in [3.63, 3.8) is 0 Å². The number of aromatic nitrogens is 2. The Balaban J connectivity index is 1.82. The van der Waals surface area contributed by atoms with Crippen LogP contribution in [0.25, 0.3) is 11.1 Å². The summed E-state index contributed by atoms with van der Waals surface area (Å²) in [6.45, 7) is 5.73. The molecule has 0 aliphatic carbocycles. The van der Waals surface area contributed by atoms with Crippen LogP contribution in [-0.2, 0) is 17.1 Å². The molecule has 154 valence electrons. The van der Waals surface area contributed by atoms with E-state index in [4.69, 9.17) is 4.74 Å². The van der Waals surface area contributed by atoms with E-state index in [-0.39, 0.29) is 10.8 Å². The van der Waals surface area contributed by atoms with E-state index in [1.165, 1.54) is 24.3 Å². The third-order valence-electron chi connectivity index (χ3n) is 5.23. The SMILES string of the molecule is COc1ccc(-c2cnn(C)c2)cc1S(=O)(=O)N(C)CC(C)CN1CCCC1. The molecule has 1 fully saturated rings. The number of likely N-dealkylation sites (tertiary alicyclic amines) is 1. The normalized spacial score (nSPS) is 16.6. The second-order valence-electron chi connectivity index (χ2n) is 7.67. The van der Waals surface area contributed by atoms with E-state index in [9.17, 15) is 8.42 Å². The van der Waals surface area contributed by atoms with Gasteiger partial charge in [0.25, 0.3) is 0 Å². The molecular formula is C20H30N4O3S. The molecule has 1 aromatic carbocycles. The number of nitrogens with zero attached hydrogens (tertiary/aromatic N) is 4. The highest BCUT2D eigenvalue weighted by atomic mass is 32.2. The first-order chi connectivity index (χ1) is 13.3. The monoisotopic (exact) mass is 406 g/mol. The minimum atomic E-state index is -3.67. The van der Waals surface area contributed by atoms with Crippen LogP contribution >= 0.6 is 0 Å². The molecule has 7 nitrogen and oxygen atoms in total. The van der Waals surface area contributed by atoms with Crippen molar-refractivity contribution >= 4 is 10.0 Å². The average Bonchev–Trinajstić information content (AvgIpc) is 3.32. The Bertz CT molecular complexity index is 904. The number of aryl methyl sites for hydroxylation is 1. The van der Waals surface area contributed by atoms with Crippen LogP contribution < -0.4 is 4.74 Å². The quantitative estimate of drug-likeness (QED) is 0.674. The van der Waals surface area contributed by atoms with Gasteiger partial charge in [0, 0.05) is 38.9 Å². The molecule has 1 saturated heterocycles. The van der Waals surface area contributed by atoms with Crippen molar-refractivity contribution in [2.75, 3.05) is 40.3 Å². The van der Waals surface area contributed by atoms with Gasteiger partial charge in [-0.05, 0) is 49.5 Å². The Hall–Kier alpha value is -1.90. The Morgan fingerprint density at radius 2 is 1.96 bits per heavy atom. The molecule has 1 aliphatic heterocycles. The van der Waals surface area contributed by atoms with Gasteiger partial charge < -0.3 is 9.64 Å². The lowest BCUT2D eigenvalue weighted by Gasteiger charge is -2.25. The smallest absolute Gasteiger partial charge is 0.246 e. The van der Waals surface area contributed by atoms with Crippen LogP contribution in [0.4, 0.5) is 0 Å². The zero-order chi connectivity index (χ0) is 20.3. The van der Waals surface area contributed by atoms with Gasteiger partial charge in [-0.15, -0.1) is 0 Å². The van der Waals surface area contributed by atoms with Crippen molar-refractivity contribution in [1.82, 2.24) is 19.0 Å². The number of rotatable bonds is 8. The molecule has 0 amide bonds. The summed E-state index contributed by atoms with van der Waals surface area (Å²) in [5.41, 5.74) is 1.66. The molecule has 2 heterocycles. The zero-order valence-electron chi connectivity index (χ0n) is 17.1. The van der Waals surface area contributed by atoms with Gasteiger partial charge in [0.15, 0.2) is 0 Å². The second kappa shape index (κ2) is 8.63. The van der Waals surface area contributed by atoms with Crippen molar-refractivity contribution in [3.8, 4) is 16.9 Å². The predicted octanol–water partition coefficient (Wildman–Crippen LogP) is 2.45. The highest BCUT2D eigenvalue weighted by Crippen LogP contribution is 2.31. The Labute approximate surface area is 167 Å². The number of ether oxygens (including phenoxy) is 1. The van der Waals surface area contributed by atoms with E-state index < -0.39 is 10.0 Å². The summed E-state index contributed by atoms with van der Waals surface area (Å²) in [5, 5.41) is 4.17. The number of hydrogen-bond acceptors (Lipinski definition) is 5. The van der Waals surface area contributed by atoms with Gasteiger partial charge in [-0.3, -0.25) is 4.68 Å². The second-order valence-corrected chi connectivity index (χ2v) is 9.68. The van der Waals surface area contributed by atoms with E-state index in [0.717, 1.165) is 30.8 Å². The van der Waals surface area contributed by atoms with Gasteiger partial charge in [0.2, 0.25) is 10.0 Å². The summed E-state index contributed by atoms with van der Waals surface area (Å²) in [5.74, 6) is 0.608. The summed E-state index contributed by atoms with van der Waals surface area (Å²) in [4.78, 5) is 2.60. The molecule has 8 heteroatoms. The Morgan fingerprint density at radius 3 is 2.57 bits per heavy atom. The molecule has 28 heavy (non-hydrogen) atoms. The van der Waals surface area contributed by atoms with E-state index in [1.54, 1.807) is 30.1 Å². The van der Waals surface area contributed by atoms with Gasteiger partial charge in [0.1, 0.15) is 10.6 Å². The van der Waals surface area contributed by atoms with Crippen molar-refractivity contribution in [2.24, 2.45) is 13.0 Å². The third kappa shape index (κ3) is 4.56. The van der Waals surface area contributed by atoms with Crippen LogP contribution in [0.2, 0.25) is 0 Å². The molecule has 1 atom stereocenters. The first kappa shape index (κ1) is 20.8. The predicted molar refractivity (Wildman–Crippen MR) is 110 cm³/mol. The molecule has 1 aromatic heterocycles. The highest BCUT2D eigenvalue weighted by Gasteiger charge is 2.27. The maximum atomic E-state index is 13.3. The van der Waals surface area contributed by atoms with Gasteiger partial charge in [-0.25, -0.2) is 12.7 Å². The summed E-state index contributed by atoms with van der Waals surface area (Å²) < 4.78 is 35.1. The molecule has 3 rings (SSSR count). The summed E-state index contributed by atoms with van der Waals surface area (Å²) in [7, 11) is 1.30. The third-order valence-corrected chi connectivity index (χ3v) is 7.07. The minimum Gasteiger partial charge on any atom is -0.495 e. The molecular weight excluding hydrogens is 376 g/mol. The number of sulfonamides is 1. The fourth-order valence-corrected chi connectivity index (χ4v) is 5.26. The van der Waals surface area contributed by atoms with Crippen LogP contribution in [0.5, 0.6) is 5.75 Å². The van der Waals surface area contributed by atoms with Crippen molar-refractivity contribution in [2.45, 2.75) is 24.7 Å². The van der Waals surface area contributed by atoms with Crippen molar-refractivity contribution < 1.29 is 13.2 Å². The lowest BCUT2D eigenvalue weighted by atomic mass is 10.1. The number of methoxy groups -OCH3 is 1. The molecule has 2 aromatic rings. The van der Waals surface area contributed by atoms with Crippen LogP contribution in [0.3, 0.4) is 0 Å². The van der Waals surface area contributed by atoms with Crippen LogP contribution in [-0.4, -0.2) is 67.7 Å². The molecule has 0 bridgehead atoms. The van der Waals surface area contributed by atoms with E-state index >= 15 is 0 Å². The molecule has 1 aliphatic rings. The molecule has 0 saturated carbocycles. The highest BCUT2D eigenvalue weighted by molar-refractivity contribution is 7.89. The molecule has 0 radical (unpaired) electrons. The minimum absolute atomic E-state index is 0.187. The maximum absolute atomic E-state index is 13.3. The van der Waals surface area contributed by atoms with E-state index in [1.807, 2.05) is 19.3 Å². The van der Waals surface area contributed by atoms with E-state index in [0.29, 0.717) is 12.3 Å². The lowest BCUT2D eigenvalue weighted by Crippen LogP contribution is -2.36. The fraction of sp³-hybridized carbons (Fsp3) is 0.550. The maximum Gasteiger partial charge on any atom is 0.246 e. The first-order valence-corrected chi connectivity index (χ1v) is 11.1.